The Morgan fingerprint density at radius 2 is 2.16 bits per heavy atom. The first kappa shape index (κ1) is 13.5. The van der Waals surface area contributed by atoms with Gasteiger partial charge in [-0.25, -0.2) is 4.98 Å². The maximum absolute atomic E-state index is 8.59. The van der Waals surface area contributed by atoms with Crippen molar-refractivity contribution in [3.8, 4) is 11.8 Å². The third-order valence-electron chi connectivity index (χ3n) is 2.74. The van der Waals surface area contributed by atoms with Crippen LogP contribution in [-0.2, 0) is 13.0 Å². The van der Waals surface area contributed by atoms with Gasteiger partial charge in [-0.15, -0.1) is 0 Å². The minimum Gasteiger partial charge on any atom is -0.497 e. The fourth-order valence-corrected chi connectivity index (χ4v) is 2.39. The van der Waals surface area contributed by atoms with Gasteiger partial charge in [0, 0.05) is 18.9 Å². The van der Waals surface area contributed by atoms with Crippen molar-refractivity contribution in [2.45, 2.75) is 18.1 Å². The smallest absolute Gasteiger partial charge is 0.168 e. The Hall–Kier alpha value is -1.93. The van der Waals surface area contributed by atoms with Gasteiger partial charge in [0.05, 0.1) is 18.9 Å². The van der Waals surface area contributed by atoms with Crippen LogP contribution >= 0.6 is 11.8 Å². The van der Waals surface area contributed by atoms with Crippen LogP contribution in [0.2, 0.25) is 0 Å². The van der Waals surface area contributed by atoms with Gasteiger partial charge in [-0.2, -0.15) is 5.26 Å². The van der Waals surface area contributed by atoms with E-state index < -0.39 is 0 Å². The molecular weight excluding hydrogens is 258 g/mol. The van der Waals surface area contributed by atoms with Gasteiger partial charge in [0.25, 0.3) is 0 Å². The van der Waals surface area contributed by atoms with Gasteiger partial charge in [0.2, 0.25) is 0 Å². The van der Waals surface area contributed by atoms with Gasteiger partial charge >= 0.3 is 0 Å². The number of ether oxygens (including phenoxy) is 1. The number of aromatic nitrogens is 2. The number of nitriles is 1. The van der Waals surface area contributed by atoms with Crippen LogP contribution in [0, 0.1) is 11.3 Å². The van der Waals surface area contributed by atoms with E-state index in [4.69, 9.17) is 10.00 Å². The first-order chi connectivity index (χ1) is 9.33. The first-order valence-electron chi connectivity index (χ1n) is 5.97. The molecule has 5 heteroatoms. The number of nitrogens with zero attached hydrogens (tertiary/aromatic N) is 3. The van der Waals surface area contributed by atoms with Crippen molar-refractivity contribution < 1.29 is 4.74 Å². The Bertz CT molecular complexity index is 557. The van der Waals surface area contributed by atoms with Crippen molar-refractivity contribution in [1.29, 1.82) is 5.26 Å². The highest BCUT2D eigenvalue weighted by atomic mass is 32.2. The quantitative estimate of drug-likeness (QED) is 0.759. The van der Waals surface area contributed by atoms with Crippen molar-refractivity contribution in [3.05, 3.63) is 42.2 Å². The fourth-order valence-electron chi connectivity index (χ4n) is 1.74. The average molecular weight is 273 g/mol. The summed E-state index contributed by atoms with van der Waals surface area (Å²) in [6.45, 7) is 0.861. The van der Waals surface area contributed by atoms with E-state index >= 15 is 0 Å². The Balaban J connectivity index is 1.94. The molecule has 0 bridgehead atoms. The molecule has 0 aliphatic carbocycles. The molecule has 1 aromatic heterocycles. The summed E-state index contributed by atoms with van der Waals surface area (Å²) in [6.07, 6.45) is 4.65. The third-order valence-corrected chi connectivity index (χ3v) is 3.62. The number of benzene rings is 1. The molecule has 0 aliphatic rings. The number of thioether (sulfide) groups is 1. The van der Waals surface area contributed by atoms with Gasteiger partial charge < -0.3 is 9.30 Å². The minimum atomic E-state index is 0.430. The number of rotatable bonds is 6. The molecule has 19 heavy (non-hydrogen) atoms. The molecule has 0 radical (unpaired) electrons. The van der Waals surface area contributed by atoms with Crippen molar-refractivity contribution in [3.63, 3.8) is 0 Å². The van der Waals surface area contributed by atoms with Gasteiger partial charge in [-0.05, 0) is 24.1 Å². The van der Waals surface area contributed by atoms with Crippen LogP contribution < -0.4 is 4.74 Å². The normalized spacial score (nSPS) is 10.1. The third kappa shape index (κ3) is 3.76. The molecule has 2 rings (SSSR count). The number of aryl methyl sites for hydroxylation is 2. The summed E-state index contributed by atoms with van der Waals surface area (Å²) in [4.78, 5) is 4.25. The molecule has 0 amide bonds. The van der Waals surface area contributed by atoms with Crippen LogP contribution in [-0.4, -0.2) is 22.4 Å². The largest absolute Gasteiger partial charge is 0.497 e. The predicted octanol–water partition coefficient (Wildman–Crippen LogP) is 2.75. The van der Waals surface area contributed by atoms with Crippen LogP contribution in [0.5, 0.6) is 5.75 Å². The number of hydrogen-bond donors (Lipinski definition) is 0. The van der Waals surface area contributed by atoms with E-state index in [9.17, 15) is 0 Å². The van der Waals surface area contributed by atoms with Crippen molar-refractivity contribution in [2.24, 2.45) is 0 Å². The highest BCUT2D eigenvalue weighted by Crippen LogP contribution is 2.16. The zero-order chi connectivity index (χ0) is 13.5. The summed E-state index contributed by atoms with van der Waals surface area (Å²) < 4.78 is 7.21. The molecule has 2 aromatic rings. The molecule has 0 saturated carbocycles. The Morgan fingerprint density at radius 1 is 1.37 bits per heavy atom. The van der Waals surface area contributed by atoms with Gasteiger partial charge in [-0.3, -0.25) is 0 Å². The van der Waals surface area contributed by atoms with E-state index in [-0.39, 0.29) is 0 Å². The Labute approximate surface area is 117 Å². The second-order valence-electron chi connectivity index (χ2n) is 3.95. The van der Waals surface area contributed by atoms with E-state index in [2.05, 4.69) is 27.8 Å². The fraction of sp³-hybridized carbons (Fsp3) is 0.286. The van der Waals surface area contributed by atoms with E-state index in [0.717, 1.165) is 23.9 Å². The monoisotopic (exact) mass is 273 g/mol. The Kier molecular flexibility index (Phi) is 4.87. The lowest BCUT2D eigenvalue weighted by Gasteiger charge is -2.07. The average Bonchev–Trinajstić information content (AvgIpc) is 2.91. The van der Waals surface area contributed by atoms with E-state index in [1.165, 1.54) is 17.3 Å². The van der Waals surface area contributed by atoms with Crippen molar-refractivity contribution >= 4 is 11.8 Å². The topological polar surface area (TPSA) is 50.8 Å². The van der Waals surface area contributed by atoms with Crippen LogP contribution in [0.3, 0.4) is 0 Å². The van der Waals surface area contributed by atoms with Gasteiger partial charge in [-0.1, -0.05) is 23.9 Å². The zero-order valence-electron chi connectivity index (χ0n) is 10.7. The maximum atomic E-state index is 8.59. The predicted molar refractivity (Wildman–Crippen MR) is 75.3 cm³/mol. The molecule has 0 unspecified atom stereocenters. The highest BCUT2D eigenvalue weighted by molar-refractivity contribution is 7.99. The summed E-state index contributed by atoms with van der Waals surface area (Å²) in [5.41, 5.74) is 1.26. The number of methoxy groups -OCH3 is 1. The van der Waals surface area contributed by atoms with Crippen LogP contribution in [0.4, 0.5) is 0 Å². The SMILES string of the molecule is COc1ccc(CCn2ccnc2SCC#N)cc1. The summed E-state index contributed by atoms with van der Waals surface area (Å²) in [7, 11) is 1.67. The second kappa shape index (κ2) is 6.86. The molecule has 0 fully saturated rings. The lowest BCUT2D eigenvalue weighted by Crippen LogP contribution is -2.02. The van der Waals surface area contributed by atoms with E-state index in [0.29, 0.717) is 5.75 Å². The zero-order valence-corrected chi connectivity index (χ0v) is 11.6. The lowest BCUT2D eigenvalue weighted by molar-refractivity contribution is 0.414. The molecule has 1 heterocycles. The lowest BCUT2D eigenvalue weighted by atomic mass is 10.1. The molecule has 0 spiro atoms. The summed E-state index contributed by atoms with van der Waals surface area (Å²) in [5, 5.41) is 9.49. The second-order valence-corrected chi connectivity index (χ2v) is 4.89. The summed E-state index contributed by atoms with van der Waals surface area (Å²) in [6, 6.07) is 10.2. The molecule has 0 atom stereocenters. The van der Waals surface area contributed by atoms with E-state index in [1.54, 1.807) is 13.3 Å². The van der Waals surface area contributed by atoms with Gasteiger partial charge in [0.15, 0.2) is 5.16 Å². The Morgan fingerprint density at radius 3 is 2.84 bits per heavy atom. The maximum Gasteiger partial charge on any atom is 0.168 e. The summed E-state index contributed by atoms with van der Waals surface area (Å²) in [5.74, 6) is 1.30. The first-order valence-corrected chi connectivity index (χ1v) is 6.96. The van der Waals surface area contributed by atoms with Crippen LogP contribution in [0.1, 0.15) is 5.56 Å². The minimum absolute atomic E-state index is 0.430. The van der Waals surface area contributed by atoms with Crippen LogP contribution in [0.25, 0.3) is 0 Å². The summed E-state index contributed by atoms with van der Waals surface area (Å²) >= 11 is 1.47. The van der Waals surface area contributed by atoms with Crippen molar-refractivity contribution in [1.82, 2.24) is 9.55 Å². The molecule has 98 valence electrons. The van der Waals surface area contributed by atoms with Crippen molar-refractivity contribution in [2.75, 3.05) is 12.9 Å². The molecule has 0 aliphatic heterocycles. The molecule has 1 aromatic carbocycles. The molecular formula is C14H15N3OS. The number of hydrogen-bond acceptors (Lipinski definition) is 4. The number of imidazole rings is 1. The van der Waals surface area contributed by atoms with Crippen LogP contribution in [0.15, 0.2) is 41.8 Å². The van der Waals surface area contributed by atoms with E-state index in [1.807, 2.05) is 18.3 Å². The molecule has 0 N–H and O–H groups in total. The highest BCUT2D eigenvalue weighted by Gasteiger charge is 2.03. The molecule has 0 saturated heterocycles. The molecule has 4 nitrogen and oxygen atoms in total. The van der Waals surface area contributed by atoms with Gasteiger partial charge in [0.1, 0.15) is 5.75 Å². The standard InChI is InChI=1S/C14H15N3OS/c1-18-13-4-2-12(3-5-13)6-9-17-10-8-16-14(17)19-11-7-15/h2-5,8,10H,6,9,11H2,1H3.